The third kappa shape index (κ3) is 24.8. The van der Waals surface area contributed by atoms with E-state index in [1.165, 1.54) is 96.3 Å². The van der Waals surface area contributed by atoms with Crippen molar-refractivity contribution in [3.8, 4) is 0 Å². The molecule has 0 saturated carbocycles. The summed E-state index contributed by atoms with van der Waals surface area (Å²) in [4.78, 5) is 13.0. The Bertz CT molecular complexity index is 958. The van der Waals surface area contributed by atoms with Gasteiger partial charge in [0.1, 0.15) is 30.5 Å². The Hall–Kier alpha value is -1.63. The predicted molar refractivity (Wildman–Crippen MR) is 218 cm³/mol. The van der Waals surface area contributed by atoms with Crippen molar-refractivity contribution in [3.05, 3.63) is 36.5 Å². The Kier molecular flexibility index (Phi) is 32.3. The number of rotatable bonds is 35. The fraction of sp³-hybridized carbons (Fsp3) is 0.841. The van der Waals surface area contributed by atoms with Crippen LogP contribution >= 0.6 is 0 Å². The summed E-state index contributed by atoms with van der Waals surface area (Å²) in [5, 5.41) is 64.5. The summed E-state index contributed by atoms with van der Waals surface area (Å²) in [6.07, 6.45) is 30.9. The molecule has 1 fully saturated rings. The van der Waals surface area contributed by atoms with Gasteiger partial charge in [-0.3, -0.25) is 4.79 Å². The van der Waals surface area contributed by atoms with Crippen molar-refractivity contribution in [2.24, 2.45) is 0 Å². The van der Waals surface area contributed by atoms with Gasteiger partial charge in [-0.15, -0.1) is 0 Å². The van der Waals surface area contributed by atoms with Gasteiger partial charge < -0.3 is 45.4 Å². The van der Waals surface area contributed by atoms with E-state index in [4.69, 9.17) is 9.47 Å². The molecule has 0 aromatic carbocycles. The molecule has 0 aromatic rings. The summed E-state index contributed by atoms with van der Waals surface area (Å²) in [5.41, 5.74) is 0. The van der Waals surface area contributed by atoms with E-state index < -0.39 is 61.5 Å². The molecule has 1 rings (SSSR count). The molecule has 1 aliphatic heterocycles. The van der Waals surface area contributed by atoms with Crippen LogP contribution in [-0.2, 0) is 14.3 Å². The van der Waals surface area contributed by atoms with Crippen LogP contribution in [0.4, 0.5) is 0 Å². The minimum Gasteiger partial charge on any atom is -0.394 e. The molecule has 8 unspecified atom stereocenters. The lowest BCUT2D eigenvalue weighted by atomic mass is 9.99. The van der Waals surface area contributed by atoms with Crippen LogP contribution in [0.25, 0.3) is 0 Å². The summed E-state index contributed by atoms with van der Waals surface area (Å²) >= 11 is 0. The zero-order chi connectivity index (χ0) is 39.7. The lowest BCUT2D eigenvalue weighted by Gasteiger charge is -2.40. The number of hydrogen-bond acceptors (Lipinski definition) is 9. The smallest absolute Gasteiger partial charge is 0.249 e. The maximum absolute atomic E-state index is 13.0. The van der Waals surface area contributed by atoms with E-state index in [1.54, 1.807) is 6.08 Å². The van der Waals surface area contributed by atoms with Crippen molar-refractivity contribution >= 4 is 5.91 Å². The van der Waals surface area contributed by atoms with E-state index in [9.17, 15) is 35.4 Å². The van der Waals surface area contributed by atoms with Gasteiger partial charge in [0.05, 0.1) is 25.4 Å². The van der Waals surface area contributed by atoms with Crippen LogP contribution in [0.3, 0.4) is 0 Å². The van der Waals surface area contributed by atoms with Gasteiger partial charge in [-0.2, -0.15) is 0 Å². The second-order valence-electron chi connectivity index (χ2n) is 15.3. The van der Waals surface area contributed by atoms with E-state index in [-0.39, 0.29) is 6.61 Å². The zero-order valence-corrected chi connectivity index (χ0v) is 34.1. The molecule has 0 aliphatic carbocycles. The number of nitrogens with one attached hydrogen (secondary N) is 1. The molecule has 10 nitrogen and oxygen atoms in total. The van der Waals surface area contributed by atoms with E-state index in [2.05, 4.69) is 43.5 Å². The highest BCUT2D eigenvalue weighted by atomic mass is 16.7. The Morgan fingerprint density at radius 1 is 0.630 bits per heavy atom. The number of ether oxygens (including phenoxy) is 2. The van der Waals surface area contributed by atoms with Gasteiger partial charge in [0.15, 0.2) is 6.29 Å². The van der Waals surface area contributed by atoms with E-state index in [0.29, 0.717) is 19.3 Å². The summed E-state index contributed by atoms with van der Waals surface area (Å²) in [6.45, 7) is 3.55. The average molecular weight is 768 g/mol. The van der Waals surface area contributed by atoms with E-state index in [0.717, 1.165) is 44.9 Å². The summed E-state index contributed by atoms with van der Waals surface area (Å²) in [5.74, 6) is -0.632. The number of aliphatic hydroxyl groups excluding tert-OH is 6. The van der Waals surface area contributed by atoms with Gasteiger partial charge in [-0.25, -0.2) is 0 Å². The molecule has 1 amide bonds. The molecule has 10 heteroatoms. The Labute approximate surface area is 328 Å². The molecule has 0 bridgehead atoms. The molecule has 0 radical (unpaired) electrons. The van der Waals surface area contributed by atoms with Gasteiger partial charge >= 0.3 is 0 Å². The minimum absolute atomic E-state index is 0.302. The van der Waals surface area contributed by atoms with Crippen LogP contribution in [0.1, 0.15) is 174 Å². The molecule has 54 heavy (non-hydrogen) atoms. The third-order valence-corrected chi connectivity index (χ3v) is 10.3. The zero-order valence-electron chi connectivity index (χ0n) is 34.1. The molecule has 8 atom stereocenters. The maximum atomic E-state index is 13.0. The Morgan fingerprint density at radius 3 is 1.61 bits per heavy atom. The number of aliphatic hydroxyl groups is 6. The fourth-order valence-corrected chi connectivity index (χ4v) is 6.66. The first-order valence-electron chi connectivity index (χ1n) is 21.8. The predicted octanol–water partition coefficient (Wildman–Crippen LogP) is 7.47. The summed E-state index contributed by atoms with van der Waals surface area (Å²) < 4.78 is 11.1. The summed E-state index contributed by atoms with van der Waals surface area (Å²) in [7, 11) is 0. The van der Waals surface area contributed by atoms with Gasteiger partial charge in [0.2, 0.25) is 5.91 Å². The minimum atomic E-state index is -1.62. The topological polar surface area (TPSA) is 169 Å². The van der Waals surface area contributed by atoms with E-state index in [1.807, 2.05) is 6.08 Å². The molecule has 7 N–H and O–H groups in total. The number of hydrogen-bond donors (Lipinski definition) is 7. The highest BCUT2D eigenvalue weighted by Crippen LogP contribution is 2.22. The first kappa shape index (κ1) is 50.4. The number of allylic oxidation sites excluding steroid dienone is 5. The standard InChI is InChI=1S/C44H81NO9/c1-3-5-7-9-11-13-15-17-18-19-20-21-23-24-26-28-30-32-37(47)36(35-53-44-42(51)41(50)40(49)39(34-46)54-44)45-43(52)38(48)33-31-29-27-25-22-16-14-12-10-8-6-4-2/h18-19,23-24,30,32,36-42,44,46-51H,3-17,20-22,25-29,31,33-35H2,1-2H3,(H,45,52)/b19-18+,24-23+,32-30+. The molecule has 316 valence electrons. The number of carbonyl (C=O) groups is 1. The van der Waals surface area contributed by atoms with Crippen LogP contribution < -0.4 is 5.32 Å². The SMILES string of the molecule is CCCCCCCCC/C=C/CC/C=C/CC/C=C/C(O)C(COC1OC(CO)C(O)C(O)C1O)NC(=O)C(O)CCCCCCCCCCCCCC. The molecule has 0 spiro atoms. The summed E-state index contributed by atoms with van der Waals surface area (Å²) in [6, 6.07) is -0.999. The Balaban J connectivity index is 2.50. The maximum Gasteiger partial charge on any atom is 0.249 e. The monoisotopic (exact) mass is 768 g/mol. The third-order valence-electron chi connectivity index (χ3n) is 10.3. The number of unbranched alkanes of at least 4 members (excludes halogenated alkanes) is 20. The largest absolute Gasteiger partial charge is 0.394 e. The molecule has 0 aromatic heterocycles. The lowest BCUT2D eigenvalue weighted by Crippen LogP contribution is -2.60. The van der Waals surface area contributed by atoms with Crippen LogP contribution in [0.15, 0.2) is 36.5 Å². The quantitative estimate of drug-likeness (QED) is 0.0256. The number of carbonyl (C=O) groups excluding carboxylic acids is 1. The van der Waals surface area contributed by atoms with Crippen LogP contribution in [0, 0.1) is 0 Å². The lowest BCUT2D eigenvalue weighted by molar-refractivity contribution is -0.302. The van der Waals surface area contributed by atoms with Crippen molar-refractivity contribution in [3.63, 3.8) is 0 Å². The van der Waals surface area contributed by atoms with Gasteiger partial charge in [0.25, 0.3) is 0 Å². The van der Waals surface area contributed by atoms with Crippen molar-refractivity contribution in [2.45, 2.75) is 223 Å². The molecule has 1 aliphatic rings. The van der Waals surface area contributed by atoms with E-state index >= 15 is 0 Å². The molecule has 1 heterocycles. The molecular formula is C44H81NO9. The first-order valence-corrected chi connectivity index (χ1v) is 21.8. The van der Waals surface area contributed by atoms with Gasteiger partial charge in [0, 0.05) is 0 Å². The van der Waals surface area contributed by atoms with Gasteiger partial charge in [-0.05, 0) is 44.9 Å². The average Bonchev–Trinajstić information content (AvgIpc) is 3.17. The fourth-order valence-electron chi connectivity index (χ4n) is 6.66. The van der Waals surface area contributed by atoms with Crippen molar-refractivity contribution in [1.29, 1.82) is 0 Å². The first-order chi connectivity index (χ1) is 26.3. The second-order valence-corrected chi connectivity index (χ2v) is 15.3. The van der Waals surface area contributed by atoms with Crippen molar-refractivity contribution < 1.29 is 44.9 Å². The van der Waals surface area contributed by atoms with Crippen LogP contribution in [0.5, 0.6) is 0 Å². The van der Waals surface area contributed by atoms with Crippen LogP contribution in [-0.4, -0.2) is 98.7 Å². The number of amides is 1. The van der Waals surface area contributed by atoms with Crippen molar-refractivity contribution in [2.75, 3.05) is 13.2 Å². The highest BCUT2D eigenvalue weighted by molar-refractivity contribution is 5.80. The molecular weight excluding hydrogens is 686 g/mol. The Morgan fingerprint density at radius 2 is 1.09 bits per heavy atom. The van der Waals surface area contributed by atoms with Crippen LogP contribution in [0.2, 0.25) is 0 Å². The van der Waals surface area contributed by atoms with Crippen molar-refractivity contribution in [1.82, 2.24) is 5.32 Å². The highest BCUT2D eigenvalue weighted by Gasteiger charge is 2.44. The molecule has 1 saturated heterocycles. The second kappa shape index (κ2) is 34.6. The van der Waals surface area contributed by atoms with Gasteiger partial charge in [-0.1, -0.05) is 166 Å². The normalized spacial score (nSPS) is 22.4.